The van der Waals surface area contributed by atoms with Crippen LogP contribution in [0.15, 0.2) is 40.7 Å². The first-order valence-corrected chi connectivity index (χ1v) is 10.9. The molecule has 0 saturated heterocycles. The summed E-state index contributed by atoms with van der Waals surface area (Å²) < 4.78 is 5.37. The number of nitrogens with one attached hydrogen (secondary N) is 1. The van der Waals surface area contributed by atoms with Crippen molar-refractivity contribution in [1.82, 2.24) is 15.2 Å². The number of ether oxygens (including phenoxy) is 1. The van der Waals surface area contributed by atoms with Crippen LogP contribution in [0.4, 0.5) is 0 Å². The maximum Gasteiger partial charge on any atom is 0.193 e. The van der Waals surface area contributed by atoms with Crippen LogP contribution in [-0.4, -0.2) is 43.6 Å². The number of rotatable bonds is 7. The quantitative estimate of drug-likeness (QED) is 0.313. The second-order valence-corrected chi connectivity index (χ2v) is 8.55. The summed E-state index contributed by atoms with van der Waals surface area (Å²) in [6.45, 7) is 3.67. The molecule has 2 aromatic rings. The molecule has 1 heterocycles. The maximum absolute atomic E-state index is 5.37. The number of guanidine groups is 1. The summed E-state index contributed by atoms with van der Waals surface area (Å²) in [5.41, 5.74) is 2.70. The number of hydrogen-bond acceptors (Lipinski definition) is 4. The van der Waals surface area contributed by atoms with E-state index >= 15 is 0 Å². The van der Waals surface area contributed by atoms with E-state index in [1.54, 1.807) is 18.4 Å². The molecule has 29 heavy (non-hydrogen) atoms. The number of halogens is 1. The Morgan fingerprint density at radius 2 is 2.00 bits per heavy atom. The maximum atomic E-state index is 5.37. The molecule has 0 radical (unpaired) electrons. The molecule has 1 aliphatic carbocycles. The van der Waals surface area contributed by atoms with Gasteiger partial charge in [0.25, 0.3) is 0 Å². The molecule has 7 heteroatoms. The zero-order valence-corrected chi connectivity index (χ0v) is 21.0. The van der Waals surface area contributed by atoms with Crippen molar-refractivity contribution in [3.8, 4) is 0 Å². The van der Waals surface area contributed by atoms with Crippen LogP contribution < -0.4 is 5.32 Å². The SMILES string of the molecule is CN=C(NCC1(c2ccccc2)CCCC1)N(C)Cc1csc(C(C)OC)n1.I. The molecule has 5 nitrogen and oxygen atoms in total. The Morgan fingerprint density at radius 3 is 2.62 bits per heavy atom. The largest absolute Gasteiger partial charge is 0.375 e. The molecule has 1 aliphatic rings. The van der Waals surface area contributed by atoms with Gasteiger partial charge in [-0.25, -0.2) is 4.98 Å². The van der Waals surface area contributed by atoms with Crippen LogP contribution in [0.25, 0.3) is 0 Å². The van der Waals surface area contributed by atoms with Crippen LogP contribution in [-0.2, 0) is 16.7 Å². The minimum absolute atomic E-state index is 0. The van der Waals surface area contributed by atoms with E-state index in [0.717, 1.165) is 29.8 Å². The van der Waals surface area contributed by atoms with E-state index in [9.17, 15) is 0 Å². The van der Waals surface area contributed by atoms with Crippen molar-refractivity contribution in [2.45, 2.75) is 50.7 Å². The standard InChI is InChI=1S/C22H32N4OS.HI/c1-17(27-4)20-25-19(15-28-20)14-26(3)21(23-2)24-16-22(12-8-9-13-22)18-10-6-5-7-11-18;/h5-7,10-11,15,17H,8-9,12-14,16H2,1-4H3,(H,23,24);1H. The fourth-order valence-corrected chi connectivity index (χ4v) is 4.89. The Labute approximate surface area is 196 Å². The number of nitrogens with zero attached hydrogens (tertiary/aromatic N) is 3. The molecule has 160 valence electrons. The fraction of sp³-hybridized carbons (Fsp3) is 0.545. The normalized spacial score (nSPS) is 16.9. The van der Waals surface area contributed by atoms with Gasteiger partial charge in [-0.2, -0.15) is 0 Å². The highest BCUT2D eigenvalue weighted by Crippen LogP contribution is 2.40. The van der Waals surface area contributed by atoms with Crippen molar-refractivity contribution in [2.75, 3.05) is 27.7 Å². The number of methoxy groups -OCH3 is 1. The molecular weight excluding hydrogens is 495 g/mol. The van der Waals surface area contributed by atoms with Crippen molar-refractivity contribution in [3.63, 3.8) is 0 Å². The van der Waals surface area contributed by atoms with Gasteiger partial charge < -0.3 is 15.0 Å². The van der Waals surface area contributed by atoms with E-state index in [2.05, 4.69) is 58.0 Å². The van der Waals surface area contributed by atoms with Crippen LogP contribution in [0.1, 0.15) is 55.0 Å². The van der Waals surface area contributed by atoms with Crippen molar-refractivity contribution >= 4 is 41.3 Å². The first kappa shape index (κ1) is 24.1. The molecule has 1 atom stereocenters. The zero-order valence-electron chi connectivity index (χ0n) is 17.9. The van der Waals surface area contributed by atoms with Gasteiger partial charge in [-0.05, 0) is 25.3 Å². The van der Waals surface area contributed by atoms with Crippen molar-refractivity contribution in [2.24, 2.45) is 4.99 Å². The van der Waals surface area contributed by atoms with Gasteiger partial charge in [0.15, 0.2) is 5.96 Å². The summed E-state index contributed by atoms with van der Waals surface area (Å²) in [4.78, 5) is 11.4. The van der Waals surface area contributed by atoms with E-state index in [1.165, 1.54) is 31.2 Å². The van der Waals surface area contributed by atoms with Gasteiger partial charge >= 0.3 is 0 Å². The van der Waals surface area contributed by atoms with Crippen molar-refractivity contribution < 1.29 is 4.74 Å². The Kier molecular flexibility index (Phi) is 9.36. The van der Waals surface area contributed by atoms with Gasteiger partial charge in [-0.3, -0.25) is 4.99 Å². The Balaban J connectivity index is 0.00000300. The minimum atomic E-state index is 0. The first-order chi connectivity index (χ1) is 13.6. The van der Waals surface area contributed by atoms with Gasteiger partial charge in [-0.15, -0.1) is 35.3 Å². The summed E-state index contributed by atoms with van der Waals surface area (Å²) in [5, 5.41) is 6.76. The molecular formula is C22H33IN4OS. The lowest BCUT2D eigenvalue weighted by atomic mass is 9.79. The topological polar surface area (TPSA) is 49.8 Å². The third-order valence-corrected chi connectivity index (χ3v) is 6.83. The Hall–Kier alpha value is -1.19. The minimum Gasteiger partial charge on any atom is -0.375 e. The predicted octanol–water partition coefficient (Wildman–Crippen LogP) is 4.99. The van der Waals surface area contributed by atoms with Gasteiger partial charge in [0.2, 0.25) is 0 Å². The molecule has 1 saturated carbocycles. The molecule has 0 amide bonds. The lowest BCUT2D eigenvalue weighted by Crippen LogP contribution is -2.45. The number of benzene rings is 1. The highest BCUT2D eigenvalue weighted by Gasteiger charge is 2.35. The van der Waals surface area contributed by atoms with Gasteiger partial charge in [0.05, 0.1) is 12.2 Å². The smallest absolute Gasteiger partial charge is 0.193 e. The summed E-state index contributed by atoms with van der Waals surface area (Å²) in [7, 11) is 5.63. The van der Waals surface area contributed by atoms with E-state index in [0.29, 0.717) is 0 Å². The third kappa shape index (κ3) is 5.92. The number of aromatic nitrogens is 1. The average Bonchev–Trinajstić information content (AvgIpc) is 3.39. The molecule has 1 unspecified atom stereocenters. The molecule has 1 fully saturated rings. The fourth-order valence-electron chi connectivity index (χ4n) is 4.04. The molecule has 0 bridgehead atoms. The lowest BCUT2D eigenvalue weighted by Gasteiger charge is -2.32. The van der Waals surface area contributed by atoms with Crippen LogP contribution >= 0.6 is 35.3 Å². The predicted molar refractivity (Wildman–Crippen MR) is 132 cm³/mol. The summed E-state index contributed by atoms with van der Waals surface area (Å²) in [5.74, 6) is 0.913. The van der Waals surface area contributed by atoms with E-state index in [-0.39, 0.29) is 35.5 Å². The molecule has 0 spiro atoms. The van der Waals surface area contributed by atoms with Crippen LogP contribution in [0.3, 0.4) is 0 Å². The highest BCUT2D eigenvalue weighted by atomic mass is 127. The van der Waals surface area contributed by atoms with Crippen molar-refractivity contribution in [3.05, 3.63) is 52.0 Å². The molecule has 3 rings (SSSR count). The third-order valence-electron chi connectivity index (χ3n) is 5.78. The average molecular weight is 529 g/mol. The Bertz CT molecular complexity index is 774. The van der Waals surface area contributed by atoms with Crippen molar-refractivity contribution in [1.29, 1.82) is 0 Å². The molecule has 1 aromatic heterocycles. The molecule has 0 aliphatic heterocycles. The monoisotopic (exact) mass is 528 g/mol. The van der Waals surface area contributed by atoms with E-state index in [1.807, 2.05) is 14.0 Å². The lowest BCUT2D eigenvalue weighted by molar-refractivity contribution is 0.119. The summed E-state index contributed by atoms with van der Waals surface area (Å²) in [6, 6.07) is 10.9. The Morgan fingerprint density at radius 1 is 1.31 bits per heavy atom. The van der Waals surface area contributed by atoms with Gasteiger partial charge in [0, 0.05) is 38.5 Å². The van der Waals surface area contributed by atoms with Crippen LogP contribution in [0, 0.1) is 0 Å². The summed E-state index contributed by atoms with van der Waals surface area (Å²) >= 11 is 1.65. The number of aliphatic imine (C=N–C) groups is 1. The van der Waals surface area contributed by atoms with E-state index < -0.39 is 0 Å². The highest BCUT2D eigenvalue weighted by molar-refractivity contribution is 14.0. The second-order valence-electron chi connectivity index (χ2n) is 7.67. The van der Waals surface area contributed by atoms with Gasteiger partial charge in [0.1, 0.15) is 11.1 Å². The number of thiazole rings is 1. The van der Waals surface area contributed by atoms with Crippen LogP contribution in [0.5, 0.6) is 0 Å². The molecule has 1 aromatic carbocycles. The first-order valence-electron chi connectivity index (χ1n) is 10.0. The number of hydrogen-bond donors (Lipinski definition) is 1. The zero-order chi connectivity index (χ0) is 20.0. The van der Waals surface area contributed by atoms with Gasteiger partial charge in [-0.1, -0.05) is 43.2 Å². The van der Waals surface area contributed by atoms with Crippen LogP contribution in [0.2, 0.25) is 0 Å². The second kappa shape index (κ2) is 11.3. The molecule has 1 N–H and O–H groups in total. The van der Waals surface area contributed by atoms with E-state index in [4.69, 9.17) is 9.72 Å². The summed E-state index contributed by atoms with van der Waals surface area (Å²) in [6.07, 6.45) is 5.09.